The van der Waals surface area contributed by atoms with E-state index in [2.05, 4.69) is 20.8 Å². The molecule has 0 N–H and O–H groups in total. The molecule has 0 radical (unpaired) electrons. The van der Waals surface area contributed by atoms with E-state index in [9.17, 15) is 4.79 Å². The van der Waals surface area contributed by atoms with Crippen LogP contribution in [0, 0.1) is 5.92 Å². The molecule has 0 aliphatic heterocycles. The summed E-state index contributed by atoms with van der Waals surface area (Å²) in [7, 11) is 1.59. The molecule has 0 rings (SSSR count). The Morgan fingerprint density at radius 2 is 2.06 bits per heavy atom. The molecule has 0 aliphatic carbocycles. The predicted molar refractivity (Wildman–Crippen MR) is 65.3 cm³/mol. The second-order valence-corrected chi connectivity index (χ2v) is 4.28. The van der Waals surface area contributed by atoms with Crippen LogP contribution < -0.4 is 0 Å². The zero-order chi connectivity index (χ0) is 12.4. The Hall–Kier alpha value is -0.830. The number of carbonyl (C=O) groups excluding carboxylic acids is 1. The summed E-state index contributed by atoms with van der Waals surface area (Å²) in [6.07, 6.45) is 4.74. The van der Waals surface area contributed by atoms with E-state index in [0.29, 0.717) is 24.7 Å². The molecule has 0 aromatic carbocycles. The van der Waals surface area contributed by atoms with E-state index in [4.69, 9.17) is 9.47 Å². The summed E-state index contributed by atoms with van der Waals surface area (Å²) in [4.78, 5) is 11.7. The summed E-state index contributed by atoms with van der Waals surface area (Å²) >= 11 is 0. The summed E-state index contributed by atoms with van der Waals surface area (Å²) in [5.41, 5.74) is 0.632. The maximum absolute atomic E-state index is 11.7. The largest absolute Gasteiger partial charge is 0.462 e. The molecule has 0 aromatic rings. The van der Waals surface area contributed by atoms with Crippen molar-refractivity contribution < 1.29 is 14.3 Å². The van der Waals surface area contributed by atoms with Crippen LogP contribution in [0.25, 0.3) is 0 Å². The first-order valence-electron chi connectivity index (χ1n) is 5.96. The van der Waals surface area contributed by atoms with E-state index < -0.39 is 0 Å². The number of hydrogen-bond donors (Lipinski definition) is 0. The van der Waals surface area contributed by atoms with Gasteiger partial charge < -0.3 is 9.47 Å². The van der Waals surface area contributed by atoms with Crippen molar-refractivity contribution in [1.82, 2.24) is 0 Å². The molecule has 0 amide bonds. The second kappa shape index (κ2) is 9.40. The van der Waals surface area contributed by atoms with Gasteiger partial charge >= 0.3 is 5.97 Å². The SMILES string of the molecule is CCCCOC(=O)C(=CCC(C)C)COC. The molecule has 0 saturated heterocycles. The molecule has 0 heterocycles. The third-order valence-corrected chi connectivity index (χ3v) is 2.13. The van der Waals surface area contributed by atoms with Crippen molar-refractivity contribution in [1.29, 1.82) is 0 Å². The summed E-state index contributed by atoms with van der Waals surface area (Å²) in [5, 5.41) is 0. The second-order valence-electron chi connectivity index (χ2n) is 4.28. The van der Waals surface area contributed by atoms with Crippen molar-refractivity contribution in [2.75, 3.05) is 20.3 Å². The van der Waals surface area contributed by atoms with Crippen LogP contribution in [0.4, 0.5) is 0 Å². The summed E-state index contributed by atoms with van der Waals surface area (Å²) in [6, 6.07) is 0. The molecule has 0 fully saturated rings. The fourth-order valence-corrected chi connectivity index (χ4v) is 1.14. The molecule has 0 aromatic heterocycles. The van der Waals surface area contributed by atoms with Gasteiger partial charge in [-0.15, -0.1) is 0 Å². The first-order valence-corrected chi connectivity index (χ1v) is 5.96. The van der Waals surface area contributed by atoms with Gasteiger partial charge in [0.25, 0.3) is 0 Å². The van der Waals surface area contributed by atoms with Crippen LogP contribution in [-0.4, -0.2) is 26.3 Å². The molecule has 16 heavy (non-hydrogen) atoms. The maximum atomic E-state index is 11.7. The van der Waals surface area contributed by atoms with Gasteiger partial charge in [0.05, 0.1) is 18.8 Å². The van der Waals surface area contributed by atoms with Crippen LogP contribution in [0.2, 0.25) is 0 Å². The normalized spacial score (nSPS) is 11.9. The maximum Gasteiger partial charge on any atom is 0.336 e. The van der Waals surface area contributed by atoms with Gasteiger partial charge in [-0.2, -0.15) is 0 Å². The lowest BCUT2D eigenvalue weighted by Gasteiger charge is -2.08. The molecule has 3 heteroatoms. The summed E-state index contributed by atoms with van der Waals surface area (Å²) < 4.78 is 10.1. The molecular weight excluding hydrogens is 204 g/mol. The number of methoxy groups -OCH3 is 1. The van der Waals surface area contributed by atoms with Crippen LogP contribution in [0.3, 0.4) is 0 Å². The van der Waals surface area contributed by atoms with Crippen molar-refractivity contribution in [3.8, 4) is 0 Å². The van der Waals surface area contributed by atoms with E-state index in [0.717, 1.165) is 19.3 Å². The zero-order valence-electron chi connectivity index (χ0n) is 10.9. The monoisotopic (exact) mass is 228 g/mol. The van der Waals surface area contributed by atoms with E-state index in [1.54, 1.807) is 7.11 Å². The lowest BCUT2D eigenvalue weighted by molar-refractivity contribution is -0.139. The average Bonchev–Trinajstić information content (AvgIpc) is 2.24. The van der Waals surface area contributed by atoms with Crippen LogP contribution >= 0.6 is 0 Å². The first kappa shape index (κ1) is 15.2. The Kier molecular flexibility index (Phi) is 8.91. The smallest absolute Gasteiger partial charge is 0.336 e. The zero-order valence-corrected chi connectivity index (χ0v) is 10.9. The van der Waals surface area contributed by atoms with Crippen molar-refractivity contribution in [2.24, 2.45) is 5.92 Å². The van der Waals surface area contributed by atoms with Crippen molar-refractivity contribution in [2.45, 2.75) is 40.0 Å². The molecule has 0 saturated carbocycles. The van der Waals surface area contributed by atoms with Gasteiger partial charge in [0, 0.05) is 7.11 Å². The van der Waals surface area contributed by atoms with Crippen molar-refractivity contribution in [3.63, 3.8) is 0 Å². The van der Waals surface area contributed by atoms with E-state index >= 15 is 0 Å². The summed E-state index contributed by atoms with van der Waals surface area (Å²) in [6.45, 7) is 7.13. The Labute approximate surface area is 98.8 Å². The third-order valence-electron chi connectivity index (χ3n) is 2.13. The van der Waals surface area contributed by atoms with Crippen molar-refractivity contribution >= 4 is 5.97 Å². The number of carbonyl (C=O) groups is 1. The quantitative estimate of drug-likeness (QED) is 0.364. The van der Waals surface area contributed by atoms with Gasteiger partial charge in [0.2, 0.25) is 0 Å². The lowest BCUT2D eigenvalue weighted by Crippen LogP contribution is -2.13. The molecule has 0 spiro atoms. The molecule has 0 aliphatic rings. The summed E-state index contributed by atoms with van der Waals surface area (Å²) in [5.74, 6) is 0.297. The van der Waals surface area contributed by atoms with E-state index in [1.165, 1.54) is 0 Å². The number of hydrogen-bond acceptors (Lipinski definition) is 3. The minimum atomic E-state index is -0.240. The number of unbranched alkanes of at least 4 members (excludes halogenated alkanes) is 1. The lowest BCUT2D eigenvalue weighted by atomic mass is 10.1. The highest BCUT2D eigenvalue weighted by Gasteiger charge is 2.10. The topological polar surface area (TPSA) is 35.5 Å². The molecular formula is C13H24O3. The average molecular weight is 228 g/mol. The van der Waals surface area contributed by atoms with Crippen LogP contribution in [-0.2, 0) is 14.3 Å². The van der Waals surface area contributed by atoms with Gasteiger partial charge in [-0.1, -0.05) is 33.3 Å². The molecule has 0 unspecified atom stereocenters. The van der Waals surface area contributed by atoms with Gasteiger partial charge in [-0.3, -0.25) is 0 Å². The Morgan fingerprint density at radius 1 is 1.38 bits per heavy atom. The molecule has 3 nitrogen and oxygen atoms in total. The first-order chi connectivity index (χ1) is 7.61. The highest BCUT2D eigenvalue weighted by Crippen LogP contribution is 2.07. The number of rotatable bonds is 8. The standard InChI is InChI=1S/C13H24O3/c1-5-6-9-16-13(14)12(10-15-4)8-7-11(2)3/h8,11H,5-7,9-10H2,1-4H3. The van der Waals surface area contributed by atoms with Gasteiger partial charge in [0.15, 0.2) is 0 Å². The number of allylic oxidation sites excluding steroid dienone is 1. The predicted octanol–water partition coefficient (Wildman–Crippen LogP) is 2.95. The van der Waals surface area contributed by atoms with Crippen LogP contribution in [0.15, 0.2) is 11.6 Å². The van der Waals surface area contributed by atoms with Crippen LogP contribution in [0.5, 0.6) is 0 Å². The highest BCUT2D eigenvalue weighted by molar-refractivity contribution is 5.88. The van der Waals surface area contributed by atoms with Gasteiger partial charge in [-0.25, -0.2) is 4.79 Å². The Bertz CT molecular complexity index is 219. The highest BCUT2D eigenvalue weighted by atomic mass is 16.5. The molecule has 0 atom stereocenters. The minimum absolute atomic E-state index is 0.240. The third kappa shape index (κ3) is 7.46. The molecule has 0 bridgehead atoms. The Balaban J connectivity index is 4.17. The van der Waals surface area contributed by atoms with Gasteiger partial charge in [0.1, 0.15) is 0 Å². The van der Waals surface area contributed by atoms with Crippen molar-refractivity contribution in [3.05, 3.63) is 11.6 Å². The minimum Gasteiger partial charge on any atom is -0.462 e. The van der Waals surface area contributed by atoms with Gasteiger partial charge in [-0.05, 0) is 18.8 Å². The number of esters is 1. The van der Waals surface area contributed by atoms with Crippen LogP contribution in [0.1, 0.15) is 40.0 Å². The van der Waals surface area contributed by atoms with E-state index in [1.807, 2.05) is 6.08 Å². The Morgan fingerprint density at radius 3 is 2.56 bits per heavy atom. The number of ether oxygens (including phenoxy) is 2. The molecule has 94 valence electrons. The fourth-order valence-electron chi connectivity index (χ4n) is 1.14. The fraction of sp³-hybridized carbons (Fsp3) is 0.769. The van der Waals surface area contributed by atoms with E-state index in [-0.39, 0.29) is 5.97 Å².